The van der Waals surface area contributed by atoms with Crippen LogP contribution in [0.5, 0.6) is 0 Å². The lowest BCUT2D eigenvalue weighted by molar-refractivity contribution is 0.291. The molecule has 0 amide bonds. The number of nitrogens with one attached hydrogen (secondary N) is 1. The van der Waals surface area contributed by atoms with Crippen molar-refractivity contribution in [3.8, 4) is 0 Å². The standard InChI is InChI=1S/C5H12N2/c1-7-4-2-6-3-5-7/h6H,2-5H2,1H3/i2+1,3+1,4+1,5+1. The smallest absolute Gasteiger partial charge is 0.0104 e. The van der Waals surface area contributed by atoms with E-state index in [1.807, 2.05) is 0 Å². The van der Waals surface area contributed by atoms with E-state index in [0.717, 1.165) is 13.1 Å². The summed E-state index contributed by atoms with van der Waals surface area (Å²) in [5.41, 5.74) is 0. The second-order valence-electron chi connectivity index (χ2n) is 2.05. The summed E-state index contributed by atoms with van der Waals surface area (Å²) >= 11 is 0. The topological polar surface area (TPSA) is 15.3 Å². The van der Waals surface area contributed by atoms with Crippen molar-refractivity contribution < 1.29 is 0 Å². The maximum Gasteiger partial charge on any atom is 0.0104 e. The Morgan fingerprint density at radius 3 is 2.14 bits per heavy atom. The normalized spacial score (nSPS) is 25.3. The van der Waals surface area contributed by atoms with Gasteiger partial charge in [0.15, 0.2) is 0 Å². The fraction of sp³-hybridized carbons (Fsp3) is 1.00. The predicted molar refractivity (Wildman–Crippen MR) is 30.4 cm³/mol. The van der Waals surface area contributed by atoms with Gasteiger partial charge in [-0.2, -0.15) is 0 Å². The number of hydrogen-bond donors (Lipinski definition) is 1. The Labute approximate surface area is 44.5 Å². The van der Waals surface area contributed by atoms with E-state index >= 15 is 0 Å². The van der Waals surface area contributed by atoms with E-state index < -0.39 is 0 Å². The van der Waals surface area contributed by atoms with Crippen LogP contribution in [0.1, 0.15) is 0 Å². The van der Waals surface area contributed by atoms with Gasteiger partial charge in [0.1, 0.15) is 0 Å². The lowest BCUT2D eigenvalue weighted by Gasteiger charge is -2.21. The maximum absolute atomic E-state index is 3.27. The first kappa shape index (κ1) is 5.06. The Kier molecular flexibility index (Phi) is 1.65. The number of nitrogens with zero attached hydrogens (tertiary/aromatic N) is 1. The summed E-state index contributed by atoms with van der Waals surface area (Å²) in [6.45, 7) is 4.74. The maximum atomic E-state index is 3.27. The van der Waals surface area contributed by atoms with Gasteiger partial charge in [-0.05, 0) is 7.05 Å². The molecule has 42 valence electrons. The van der Waals surface area contributed by atoms with Gasteiger partial charge in [0.25, 0.3) is 0 Å². The molecule has 1 aliphatic heterocycles. The molecule has 1 N–H and O–H groups in total. The zero-order valence-corrected chi connectivity index (χ0v) is 4.78. The summed E-state index contributed by atoms with van der Waals surface area (Å²) < 4.78 is 0. The van der Waals surface area contributed by atoms with Crippen LogP contribution >= 0.6 is 0 Å². The van der Waals surface area contributed by atoms with Gasteiger partial charge in [-0.3, -0.25) is 0 Å². The van der Waals surface area contributed by atoms with E-state index in [4.69, 9.17) is 0 Å². The van der Waals surface area contributed by atoms with Crippen molar-refractivity contribution in [1.82, 2.24) is 10.2 Å². The van der Waals surface area contributed by atoms with Crippen LogP contribution in [0.2, 0.25) is 0 Å². The van der Waals surface area contributed by atoms with Crippen LogP contribution in [0.4, 0.5) is 0 Å². The minimum absolute atomic E-state index is 1.16. The Balaban J connectivity index is 2.12. The van der Waals surface area contributed by atoms with Crippen LogP contribution in [-0.4, -0.2) is 38.1 Å². The lowest BCUT2D eigenvalue weighted by Crippen LogP contribution is -2.40. The summed E-state index contributed by atoms with van der Waals surface area (Å²) in [5.74, 6) is 0. The minimum atomic E-state index is 1.16. The Bertz CT molecular complexity index is 48.0. The van der Waals surface area contributed by atoms with Crippen LogP contribution < -0.4 is 5.32 Å². The summed E-state index contributed by atoms with van der Waals surface area (Å²) in [6.07, 6.45) is 0. The molecule has 0 aromatic heterocycles. The first-order chi connectivity index (χ1) is 3.39. The van der Waals surface area contributed by atoms with Gasteiger partial charge in [-0.15, -0.1) is 0 Å². The van der Waals surface area contributed by atoms with Gasteiger partial charge in [-0.1, -0.05) is 0 Å². The van der Waals surface area contributed by atoms with Crippen LogP contribution in [0.15, 0.2) is 0 Å². The highest BCUT2D eigenvalue weighted by Crippen LogP contribution is 1.82. The second-order valence-corrected chi connectivity index (χ2v) is 2.05. The zero-order chi connectivity index (χ0) is 5.11. The molecular formula is C5H12N2. The molecule has 0 radical (unpaired) electrons. The Hall–Kier alpha value is -0.0800. The van der Waals surface area contributed by atoms with Gasteiger partial charge >= 0.3 is 0 Å². The van der Waals surface area contributed by atoms with Crippen molar-refractivity contribution >= 4 is 0 Å². The third-order valence-electron chi connectivity index (χ3n) is 1.34. The third kappa shape index (κ3) is 1.45. The average Bonchev–Trinajstić information content (AvgIpc) is 1.69. The van der Waals surface area contributed by atoms with Gasteiger partial charge in [0.2, 0.25) is 0 Å². The van der Waals surface area contributed by atoms with Gasteiger partial charge in [0, 0.05) is 26.2 Å². The molecule has 2 heteroatoms. The largest absolute Gasteiger partial charge is 0.314 e. The number of likely N-dealkylation sites (N-methyl/N-ethyl adjacent to an activating group) is 1. The van der Waals surface area contributed by atoms with Gasteiger partial charge < -0.3 is 10.2 Å². The summed E-state index contributed by atoms with van der Waals surface area (Å²) in [4.78, 5) is 2.33. The lowest BCUT2D eigenvalue weighted by atomic mass is 11.1. The molecule has 0 aromatic carbocycles. The average molecular weight is 104 g/mol. The SMILES string of the molecule is CN1[13CH2][13CH2]N[13CH2][13CH2]1. The highest BCUT2D eigenvalue weighted by molar-refractivity contribution is 4.62. The monoisotopic (exact) mass is 104 g/mol. The third-order valence-corrected chi connectivity index (χ3v) is 1.34. The molecule has 1 fully saturated rings. The van der Waals surface area contributed by atoms with Gasteiger partial charge in [0.05, 0.1) is 0 Å². The van der Waals surface area contributed by atoms with Crippen molar-refractivity contribution in [2.24, 2.45) is 0 Å². The van der Waals surface area contributed by atoms with Crippen LogP contribution in [0.25, 0.3) is 0 Å². The molecule has 0 bridgehead atoms. The molecular weight excluding hydrogens is 92.0 g/mol. The molecule has 0 saturated carbocycles. The van der Waals surface area contributed by atoms with Crippen LogP contribution in [0.3, 0.4) is 0 Å². The second kappa shape index (κ2) is 2.28. The van der Waals surface area contributed by atoms with E-state index in [-0.39, 0.29) is 0 Å². The molecule has 7 heavy (non-hydrogen) atoms. The predicted octanol–water partition coefficient (Wildman–Crippen LogP) is -0.479. The minimum Gasteiger partial charge on any atom is -0.314 e. The van der Waals surface area contributed by atoms with Crippen molar-refractivity contribution in [2.45, 2.75) is 0 Å². The van der Waals surface area contributed by atoms with E-state index in [1.165, 1.54) is 13.1 Å². The van der Waals surface area contributed by atoms with E-state index in [0.29, 0.717) is 0 Å². The highest BCUT2D eigenvalue weighted by atomic mass is 15.5. The van der Waals surface area contributed by atoms with E-state index in [2.05, 4.69) is 17.3 Å². The molecule has 0 aromatic rings. The molecule has 1 rings (SSSR count). The quantitative estimate of drug-likeness (QED) is 0.418. The van der Waals surface area contributed by atoms with Gasteiger partial charge in [-0.25, -0.2) is 0 Å². The molecule has 1 saturated heterocycles. The fourth-order valence-corrected chi connectivity index (χ4v) is 0.777. The van der Waals surface area contributed by atoms with Crippen molar-refractivity contribution in [3.05, 3.63) is 0 Å². The summed E-state index contributed by atoms with van der Waals surface area (Å²) in [7, 11) is 2.15. The number of piperazine rings is 1. The van der Waals surface area contributed by atoms with Crippen molar-refractivity contribution in [1.29, 1.82) is 0 Å². The molecule has 1 aliphatic rings. The summed E-state index contributed by atoms with van der Waals surface area (Å²) in [5, 5.41) is 3.27. The highest BCUT2D eigenvalue weighted by Gasteiger charge is 2.01. The van der Waals surface area contributed by atoms with E-state index in [9.17, 15) is 0 Å². The fourth-order valence-electron chi connectivity index (χ4n) is 0.777. The molecule has 1 heterocycles. The first-order valence-electron chi connectivity index (χ1n) is 2.79. The van der Waals surface area contributed by atoms with Crippen molar-refractivity contribution in [3.63, 3.8) is 0 Å². The summed E-state index contributed by atoms with van der Waals surface area (Å²) in [6, 6.07) is 0. The molecule has 0 unspecified atom stereocenters. The number of hydrogen-bond acceptors (Lipinski definition) is 2. The first-order valence-corrected chi connectivity index (χ1v) is 2.79. The Morgan fingerprint density at radius 2 is 1.86 bits per heavy atom. The molecule has 0 aliphatic carbocycles. The Morgan fingerprint density at radius 1 is 1.29 bits per heavy atom. The zero-order valence-electron chi connectivity index (χ0n) is 4.78. The van der Waals surface area contributed by atoms with Crippen molar-refractivity contribution in [2.75, 3.05) is 33.2 Å². The molecule has 2 nitrogen and oxygen atoms in total. The number of rotatable bonds is 0. The van der Waals surface area contributed by atoms with E-state index in [1.54, 1.807) is 0 Å². The molecule has 0 spiro atoms. The molecule has 0 atom stereocenters. The van der Waals surface area contributed by atoms with Crippen LogP contribution in [-0.2, 0) is 0 Å². The van der Waals surface area contributed by atoms with Crippen LogP contribution in [0, 0.1) is 0 Å².